The number of hydrogen-bond acceptors (Lipinski definition) is 4. The normalized spacial score (nSPS) is 10.3. The lowest BCUT2D eigenvalue weighted by Gasteiger charge is -2.01. The second-order valence-corrected chi connectivity index (χ2v) is 4.98. The number of nitrogens with one attached hydrogen (secondary N) is 1. The Hall–Kier alpha value is -3.21. The maximum atomic E-state index is 11.6. The minimum Gasteiger partial charge on any atom is -0.465 e. The van der Waals surface area contributed by atoms with Crippen LogP contribution in [-0.2, 0) is 4.74 Å². The van der Waals surface area contributed by atoms with E-state index in [4.69, 9.17) is 4.74 Å². The van der Waals surface area contributed by atoms with Crippen molar-refractivity contribution in [1.82, 2.24) is 10.2 Å². The predicted octanol–water partition coefficient (Wildman–Crippen LogP) is 3.34. The third-order valence-corrected chi connectivity index (χ3v) is 3.52. The summed E-state index contributed by atoms with van der Waals surface area (Å²) in [6.45, 7) is 0. The molecule has 0 fully saturated rings. The molecule has 2 aromatic carbocycles. The summed E-state index contributed by atoms with van der Waals surface area (Å²) in [6.07, 6.45) is 0.806. The molecule has 0 aliphatic rings. The molecule has 1 heterocycles. The lowest BCUT2D eigenvalue weighted by atomic mass is 10.1. The molecule has 5 nitrogen and oxygen atoms in total. The van der Waals surface area contributed by atoms with Crippen LogP contribution in [0.2, 0.25) is 0 Å². The topological polar surface area (TPSA) is 72.1 Å². The van der Waals surface area contributed by atoms with Gasteiger partial charge < -0.3 is 4.74 Å². The average molecular weight is 306 g/mol. The van der Waals surface area contributed by atoms with Crippen molar-refractivity contribution in [2.75, 3.05) is 7.11 Å². The number of ether oxygens (including phenoxy) is 1. The summed E-state index contributed by atoms with van der Waals surface area (Å²) in [5.41, 5.74) is 4.41. The molecule has 114 valence electrons. The number of carbonyl (C=O) groups is 2. The Kier molecular flexibility index (Phi) is 4.01. The molecule has 0 aliphatic carbocycles. The van der Waals surface area contributed by atoms with Crippen LogP contribution < -0.4 is 0 Å². The van der Waals surface area contributed by atoms with Gasteiger partial charge >= 0.3 is 5.97 Å². The number of hydrogen-bond donors (Lipinski definition) is 1. The quantitative estimate of drug-likeness (QED) is 0.592. The van der Waals surface area contributed by atoms with Crippen LogP contribution >= 0.6 is 0 Å². The Morgan fingerprint density at radius 1 is 1.09 bits per heavy atom. The van der Waals surface area contributed by atoms with Crippen molar-refractivity contribution in [3.8, 4) is 22.5 Å². The highest BCUT2D eigenvalue weighted by molar-refractivity contribution is 5.90. The molecule has 0 saturated carbocycles. The van der Waals surface area contributed by atoms with E-state index in [2.05, 4.69) is 10.2 Å². The van der Waals surface area contributed by atoms with Crippen molar-refractivity contribution in [2.24, 2.45) is 0 Å². The standard InChI is InChI=1S/C18H14N2O3/c1-23-18(22)15-4-2-3-14(9-15)17-10-16(19-20-17)13-7-5-12(11-21)6-8-13/h2-11H,1H3,(H,19,20). The predicted molar refractivity (Wildman–Crippen MR) is 86.2 cm³/mol. The molecule has 0 radical (unpaired) electrons. The van der Waals surface area contributed by atoms with E-state index in [0.29, 0.717) is 11.1 Å². The molecule has 5 heteroatoms. The van der Waals surface area contributed by atoms with E-state index in [1.165, 1.54) is 7.11 Å². The summed E-state index contributed by atoms with van der Waals surface area (Å²) < 4.78 is 4.73. The molecule has 1 aromatic heterocycles. The second kappa shape index (κ2) is 6.27. The van der Waals surface area contributed by atoms with Crippen LogP contribution in [0, 0.1) is 0 Å². The van der Waals surface area contributed by atoms with Crippen LogP contribution in [-0.4, -0.2) is 29.6 Å². The number of rotatable bonds is 4. The molecule has 23 heavy (non-hydrogen) atoms. The summed E-state index contributed by atoms with van der Waals surface area (Å²) >= 11 is 0. The van der Waals surface area contributed by atoms with Gasteiger partial charge in [0.15, 0.2) is 0 Å². The van der Waals surface area contributed by atoms with Crippen LogP contribution in [0.25, 0.3) is 22.5 Å². The SMILES string of the molecule is COC(=O)c1cccc(-c2cc(-c3ccc(C=O)cc3)[nH]n2)c1. The molecule has 0 unspecified atom stereocenters. The van der Waals surface area contributed by atoms with Crippen molar-refractivity contribution in [3.63, 3.8) is 0 Å². The van der Waals surface area contributed by atoms with Crippen LogP contribution in [0.1, 0.15) is 20.7 Å². The molecule has 0 amide bonds. The van der Waals surface area contributed by atoms with Gasteiger partial charge in [0.2, 0.25) is 0 Å². The smallest absolute Gasteiger partial charge is 0.337 e. The highest BCUT2D eigenvalue weighted by Crippen LogP contribution is 2.24. The van der Waals surface area contributed by atoms with Gasteiger partial charge in [0, 0.05) is 11.1 Å². The fraction of sp³-hybridized carbons (Fsp3) is 0.0556. The number of carbonyl (C=O) groups excluding carboxylic acids is 2. The Bertz CT molecular complexity index is 851. The summed E-state index contributed by atoms with van der Waals surface area (Å²) in [6, 6.07) is 16.2. The number of H-pyrrole nitrogens is 1. The summed E-state index contributed by atoms with van der Waals surface area (Å²) in [7, 11) is 1.35. The first-order valence-electron chi connectivity index (χ1n) is 7.01. The minimum atomic E-state index is -0.382. The van der Waals surface area contributed by atoms with Crippen LogP contribution in [0.5, 0.6) is 0 Å². The third kappa shape index (κ3) is 3.03. The van der Waals surface area contributed by atoms with Gasteiger partial charge in [-0.2, -0.15) is 5.10 Å². The highest BCUT2D eigenvalue weighted by Gasteiger charge is 2.10. The maximum absolute atomic E-state index is 11.6. The molecule has 0 spiro atoms. The molecule has 0 saturated heterocycles. The monoisotopic (exact) mass is 306 g/mol. The largest absolute Gasteiger partial charge is 0.465 e. The van der Waals surface area contributed by atoms with Gasteiger partial charge in [0.1, 0.15) is 6.29 Å². The van der Waals surface area contributed by atoms with E-state index in [1.54, 1.807) is 30.3 Å². The van der Waals surface area contributed by atoms with Crippen molar-refractivity contribution in [3.05, 3.63) is 65.7 Å². The number of aromatic nitrogens is 2. The highest BCUT2D eigenvalue weighted by atomic mass is 16.5. The molecule has 0 aliphatic heterocycles. The Morgan fingerprint density at radius 2 is 1.87 bits per heavy atom. The van der Waals surface area contributed by atoms with Crippen molar-refractivity contribution >= 4 is 12.3 Å². The zero-order chi connectivity index (χ0) is 16.2. The number of aromatic amines is 1. The Balaban J connectivity index is 1.92. The fourth-order valence-electron chi connectivity index (χ4n) is 2.28. The van der Waals surface area contributed by atoms with Gasteiger partial charge in [-0.1, -0.05) is 36.4 Å². The second-order valence-electron chi connectivity index (χ2n) is 4.98. The first-order valence-corrected chi connectivity index (χ1v) is 7.01. The number of nitrogens with zero attached hydrogens (tertiary/aromatic N) is 1. The molecular weight excluding hydrogens is 292 g/mol. The van der Waals surface area contributed by atoms with E-state index in [-0.39, 0.29) is 5.97 Å². The minimum absolute atomic E-state index is 0.382. The van der Waals surface area contributed by atoms with Crippen LogP contribution in [0.4, 0.5) is 0 Å². The van der Waals surface area contributed by atoms with E-state index < -0.39 is 0 Å². The van der Waals surface area contributed by atoms with Gasteiger partial charge in [-0.3, -0.25) is 9.89 Å². The molecular formula is C18H14N2O3. The number of benzene rings is 2. The van der Waals surface area contributed by atoms with Crippen molar-refractivity contribution < 1.29 is 14.3 Å². The third-order valence-electron chi connectivity index (χ3n) is 3.52. The Labute approximate surface area is 132 Å². The van der Waals surface area contributed by atoms with E-state index >= 15 is 0 Å². The fourth-order valence-corrected chi connectivity index (χ4v) is 2.28. The lowest BCUT2D eigenvalue weighted by molar-refractivity contribution is 0.0600. The zero-order valence-electron chi connectivity index (χ0n) is 12.4. The number of esters is 1. The molecule has 3 aromatic rings. The number of methoxy groups -OCH3 is 1. The lowest BCUT2D eigenvalue weighted by Crippen LogP contribution is -2.00. The van der Waals surface area contributed by atoms with E-state index in [0.717, 1.165) is 28.8 Å². The molecule has 0 bridgehead atoms. The molecule has 1 N–H and O–H groups in total. The summed E-state index contributed by atoms with van der Waals surface area (Å²) in [5.74, 6) is -0.382. The first kappa shape index (κ1) is 14.7. The Morgan fingerprint density at radius 3 is 2.57 bits per heavy atom. The molecule has 0 atom stereocenters. The maximum Gasteiger partial charge on any atom is 0.337 e. The number of aldehydes is 1. The zero-order valence-corrected chi connectivity index (χ0v) is 12.4. The van der Waals surface area contributed by atoms with Crippen LogP contribution in [0.3, 0.4) is 0 Å². The van der Waals surface area contributed by atoms with Gasteiger partial charge in [0.05, 0.1) is 24.1 Å². The summed E-state index contributed by atoms with van der Waals surface area (Å²) in [5, 5.41) is 7.25. The van der Waals surface area contributed by atoms with E-state index in [9.17, 15) is 9.59 Å². The van der Waals surface area contributed by atoms with Crippen LogP contribution in [0.15, 0.2) is 54.6 Å². The van der Waals surface area contributed by atoms with Gasteiger partial charge in [0.25, 0.3) is 0 Å². The van der Waals surface area contributed by atoms with Gasteiger partial charge in [-0.15, -0.1) is 0 Å². The average Bonchev–Trinajstić information content (AvgIpc) is 3.11. The van der Waals surface area contributed by atoms with Gasteiger partial charge in [-0.05, 0) is 23.8 Å². The first-order chi connectivity index (χ1) is 11.2. The molecule has 3 rings (SSSR count). The summed E-state index contributed by atoms with van der Waals surface area (Å²) in [4.78, 5) is 22.3. The van der Waals surface area contributed by atoms with Gasteiger partial charge in [-0.25, -0.2) is 4.79 Å². The van der Waals surface area contributed by atoms with E-state index in [1.807, 2.05) is 24.3 Å². The van der Waals surface area contributed by atoms with Crippen molar-refractivity contribution in [1.29, 1.82) is 0 Å². The van der Waals surface area contributed by atoms with Crippen molar-refractivity contribution in [2.45, 2.75) is 0 Å².